The summed E-state index contributed by atoms with van der Waals surface area (Å²) in [5.74, 6) is -0.260. The van der Waals surface area contributed by atoms with Gasteiger partial charge in [-0.15, -0.1) is 0 Å². The lowest BCUT2D eigenvalue weighted by molar-refractivity contribution is -0.114. The molecule has 0 atom stereocenters. The van der Waals surface area contributed by atoms with Gasteiger partial charge >= 0.3 is 0 Å². The van der Waals surface area contributed by atoms with Gasteiger partial charge in [-0.1, -0.05) is 6.07 Å². The van der Waals surface area contributed by atoms with Gasteiger partial charge in [0.2, 0.25) is 5.91 Å². The van der Waals surface area contributed by atoms with Gasteiger partial charge in [0.15, 0.2) is 9.84 Å². The lowest BCUT2D eigenvalue weighted by Gasteiger charge is -2.11. The Morgan fingerprint density at radius 3 is 2.68 bits per heavy atom. The number of benzene rings is 1. The van der Waals surface area contributed by atoms with Crippen LogP contribution < -0.4 is 10.6 Å². The van der Waals surface area contributed by atoms with Crippen LogP contribution in [-0.2, 0) is 14.6 Å². The smallest absolute Gasteiger partial charge is 0.243 e. The zero-order chi connectivity index (χ0) is 16.2. The van der Waals surface area contributed by atoms with Crippen molar-refractivity contribution in [2.45, 2.75) is 4.90 Å². The van der Waals surface area contributed by atoms with Crippen molar-refractivity contribution in [2.24, 2.45) is 0 Å². The third-order valence-electron chi connectivity index (χ3n) is 2.75. The monoisotopic (exact) mass is 383 g/mol. The summed E-state index contributed by atoms with van der Waals surface area (Å²) in [6, 6.07) is 8.25. The zero-order valence-corrected chi connectivity index (χ0v) is 14.1. The van der Waals surface area contributed by atoms with Crippen LogP contribution in [0.3, 0.4) is 0 Å². The number of hydrogen-bond acceptors (Lipinski definition) is 5. The summed E-state index contributed by atoms with van der Waals surface area (Å²) < 4.78 is 23.7. The van der Waals surface area contributed by atoms with E-state index in [1.807, 2.05) is 0 Å². The second-order valence-corrected chi connectivity index (χ2v) is 7.31. The van der Waals surface area contributed by atoms with Crippen LogP contribution in [0, 0.1) is 0 Å². The Labute approximate surface area is 137 Å². The fraction of sp³-hybridized carbons (Fsp3) is 0.143. The summed E-state index contributed by atoms with van der Waals surface area (Å²) in [6.45, 7) is 0.000704. The minimum Gasteiger partial charge on any atom is -0.375 e. The molecule has 6 nitrogen and oxygen atoms in total. The van der Waals surface area contributed by atoms with Gasteiger partial charge in [0.25, 0.3) is 0 Å². The summed E-state index contributed by atoms with van der Waals surface area (Å²) in [5, 5.41) is 5.58. The third-order valence-corrected chi connectivity index (χ3v) is 5.00. The van der Waals surface area contributed by atoms with E-state index >= 15 is 0 Å². The molecule has 1 aromatic carbocycles. The second-order valence-electron chi connectivity index (χ2n) is 4.53. The maximum Gasteiger partial charge on any atom is 0.243 e. The Morgan fingerprint density at radius 2 is 2.05 bits per heavy atom. The quantitative estimate of drug-likeness (QED) is 0.826. The number of pyridine rings is 1. The Hall–Kier alpha value is -1.93. The maximum absolute atomic E-state index is 11.8. The molecular weight excluding hydrogens is 370 g/mol. The molecule has 2 aromatic rings. The van der Waals surface area contributed by atoms with Crippen LogP contribution >= 0.6 is 15.9 Å². The van der Waals surface area contributed by atoms with E-state index in [9.17, 15) is 13.2 Å². The third kappa shape index (κ3) is 4.28. The Kier molecular flexibility index (Phi) is 5.15. The maximum atomic E-state index is 11.8. The van der Waals surface area contributed by atoms with Crippen molar-refractivity contribution in [1.82, 2.24) is 4.98 Å². The van der Waals surface area contributed by atoms with Crippen molar-refractivity contribution < 1.29 is 13.2 Å². The number of halogens is 1. The fourth-order valence-electron chi connectivity index (χ4n) is 1.75. The number of sulfone groups is 1. The summed E-state index contributed by atoms with van der Waals surface area (Å²) >= 11 is 3.25. The van der Waals surface area contributed by atoms with Gasteiger partial charge in [-0.3, -0.25) is 9.78 Å². The molecule has 0 saturated carbocycles. The molecule has 8 heteroatoms. The highest BCUT2D eigenvalue weighted by molar-refractivity contribution is 9.10. The fourth-order valence-corrected chi connectivity index (χ4v) is 3.80. The molecule has 22 heavy (non-hydrogen) atoms. The van der Waals surface area contributed by atoms with Crippen LogP contribution in [0.1, 0.15) is 0 Å². The number of hydrogen-bond donors (Lipinski definition) is 2. The number of aromatic nitrogens is 1. The Bertz CT molecular complexity index is 779. The molecule has 0 aliphatic carbocycles. The van der Waals surface area contributed by atoms with Crippen LogP contribution in [-0.4, -0.2) is 32.1 Å². The first-order valence-electron chi connectivity index (χ1n) is 6.30. The van der Waals surface area contributed by atoms with E-state index in [2.05, 4.69) is 31.5 Å². The van der Waals surface area contributed by atoms with E-state index in [-0.39, 0.29) is 17.3 Å². The molecular formula is C14H14BrN3O3S. The van der Waals surface area contributed by atoms with E-state index in [1.165, 1.54) is 12.3 Å². The number of carbonyl (C=O) groups is 1. The molecule has 0 spiro atoms. The minimum absolute atomic E-state index is 0.000704. The van der Waals surface area contributed by atoms with E-state index < -0.39 is 9.84 Å². The molecule has 1 amide bonds. The topological polar surface area (TPSA) is 88.2 Å². The molecule has 0 unspecified atom stereocenters. The second kappa shape index (κ2) is 6.89. The Morgan fingerprint density at radius 1 is 1.27 bits per heavy atom. The van der Waals surface area contributed by atoms with E-state index in [0.717, 1.165) is 6.26 Å². The number of anilines is 2. The molecule has 1 heterocycles. The summed E-state index contributed by atoms with van der Waals surface area (Å²) in [6.07, 6.45) is 4.28. The normalized spacial score (nSPS) is 11.0. The number of nitrogens with one attached hydrogen (secondary N) is 2. The highest BCUT2D eigenvalue weighted by Gasteiger charge is 2.14. The van der Waals surface area contributed by atoms with Gasteiger partial charge in [-0.05, 0) is 40.2 Å². The number of amides is 1. The van der Waals surface area contributed by atoms with E-state index in [0.29, 0.717) is 15.8 Å². The number of rotatable bonds is 5. The minimum atomic E-state index is -3.34. The van der Waals surface area contributed by atoms with Crippen LogP contribution in [0.25, 0.3) is 0 Å². The van der Waals surface area contributed by atoms with Crippen LogP contribution in [0.4, 0.5) is 11.4 Å². The SMILES string of the molecule is CS(=O)(=O)c1cccc(NCC(=O)Nc2cccnc2)c1Br. The zero-order valence-electron chi connectivity index (χ0n) is 11.7. The molecule has 2 N–H and O–H groups in total. The molecule has 0 aliphatic rings. The molecule has 0 radical (unpaired) electrons. The molecule has 116 valence electrons. The van der Waals surface area contributed by atoms with Gasteiger partial charge in [-0.2, -0.15) is 0 Å². The van der Waals surface area contributed by atoms with Crippen molar-refractivity contribution in [3.05, 3.63) is 47.2 Å². The largest absolute Gasteiger partial charge is 0.375 e. The molecule has 0 bridgehead atoms. The first-order valence-corrected chi connectivity index (χ1v) is 8.98. The average Bonchev–Trinajstić information content (AvgIpc) is 2.46. The van der Waals surface area contributed by atoms with Crippen molar-refractivity contribution in [3.63, 3.8) is 0 Å². The van der Waals surface area contributed by atoms with Crippen molar-refractivity contribution >= 4 is 43.0 Å². The van der Waals surface area contributed by atoms with Gasteiger partial charge in [-0.25, -0.2) is 8.42 Å². The predicted molar refractivity (Wildman–Crippen MR) is 88.6 cm³/mol. The average molecular weight is 384 g/mol. The van der Waals surface area contributed by atoms with Gasteiger partial charge in [0.1, 0.15) is 0 Å². The lowest BCUT2D eigenvalue weighted by Crippen LogP contribution is -2.22. The van der Waals surface area contributed by atoms with Gasteiger partial charge in [0, 0.05) is 12.5 Å². The van der Waals surface area contributed by atoms with E-state index in [1.54, 1.807) is 30.5 Å². The van der Waals surface area contributed by atoms with Crippen LogP contribution in [0.15, 0.2) is 52.1 Å². The van der Waals surface area contributed by atoms with E-state index in [4.69, 9.17) is 0 Å². The molecule has 2 rings (SSSR count). The first kappa shape index (κ1) is 16.4. The molecule has 0 fully saturated rings. The number of nitrogens with zero attached hydrogens (tertiary/aromatic N) is 1. The predicted octanol–water partition coefficient (Wildman–Crippen LogP) is 2.30. The first-order chi connectivity index (χ1) is 10.4. The van der Waals surface area contributed by atoms with Gasteiger partial charge in [0.05, 0.1) is 33.5 Å². The van der Waals surface area contributed by atoms with Crippen molar-refractivity contribution in [3.8, 4) is 0 Å². The molecule has 1 aromatic heterocycles. The summed E-state index contributed by atoms with van der Waals surface area (Å²) in [4.78, 5) is 15.9. The molecule has 0 saturated heterocycles. The van der Waals surface area contributed by atoms with Crippen LogP contribution in [0.5, 0.6) is 0 Å². The summed E-state index contributed by atoms with van der Waals surface area (Å²) in [5.41, 5.74) is 1.13. The van der Waals surface area contributed by atoms with Crippen molar-refractivity contribution in [2.75, 3.05) is 23.4 Å². The highest BCUT2D eigenvalue weighted by atomic mass is 79.9. The van der Waals surface area contributed by atoms with Gasteiger partial charge < -0.3 is 10.6 Å². The molecule has 0 aliphatic heterocycles. The standard InChI is InChI=1S/C14H14BrN3O3S/c1-22(20,21)12-6-2-5-11(14(12)15)17-9-13(19)18-10-4-3-7-16-8-10/h2-8,17H,9H2,1H3,(H,18,19). The summed E-state index contributed by atoms with van der Waals surface area (Å²) in [7, 11) is -3.34. The van der Waals surface area contributed by atoms with Crippen LogP contribution in [0.2, 0.25) is 0 Å². The Balaban J connectivity index is 2.05. The number of carbonyl (C=O) groups excluding carboxylic acids is 1. The van der Waals surface area contributed by atoms with Crippen molar-refractivity contribution in [1.29, 1.82) is 0 Å². The lowest BCUT2D eigenvalue weighted by atomic mass is 10.3. The highest BCUT2D eigenvalue weighted by Crippen LogP contribution is 2.29.